The van der Waals surface area contributed by atoms with E-state index in [1.807, 2.05) is 0 Å². The zero-order valence-electron chi connectivity index (χ0n) is 12.6. The molecule has 2 rings (SSSR count). The molecular formula is C17H24N2O. The zero-order chi connectivity index (χ0) is 14.8. The standard InChI is InChI=1S/C17H24N2O/c1-16(2,3)14-4-8-17(12-18,9-5-14)15(20)13-6-10-19-11-7-13/h6-7,10-11,14-15,20H,4-5,8-9H2,1-3H3. The van der Waals surface area contributed by atoms with Gasteiger partial charge in [-0.3, -0.25) is 4.98 Å². The summed E-state index contributed by atoms with van der Waals surface area (Å²) in [5, 5.41) is 20.3. The number of nitrogens with zero attached hydrogens (tertiary/aromatic N) is 2. The van der Waals surface area contributed by atoms with Crippen LogP contribution in [0.4, 0.5) is 0 Å². The van der Waals surface area contributed by atoms with Crippen molar-refractivity contribution in [1.29, 1.82) is 5.26 Å². The first-order chi connectivity index (χ1) is 9.39. The minimum absolute atomic E-state index is 0.281. The van der Waals surface area contributed by atoms with Gasteiger partial charge in [-0.05, 0) is 54.7 Å². The van der Waals surface area contributed by atoms with E-state index in [4.69, 9.17) is 0 Å². The number of hydrogen-bond acceptors (Lipinski definition) is 3. The lowest BCUT2D eigenvalue weighted by molar-refractivity contribution is 0.00837. The van der Waals surface area contributed by atoms with Crippen molar-refractivity contribution in [2.24, 2.45) is 16.7 Å². The molecule has 0 radical (unpaired) electrons. The van der Waals surface area contributed by atoms with Crippen LogP contribution in [0.1, 0.15) is 58.1 Å². The highest BCUT2D eigenvalue weighted by Gasteiger charge is 2.44. The molecule has 1 N–H and O–H groups in total. The Labute approximate surface area is 121 Å². The van der Waals surface area contributed by atoms with Crippen LogP contribution in [0, 0.1) is 28.1 Å². The first-order valence-corrected chi connectivity index (χ1v) is 7.38. The Hall–Kier alpha value is -1.40. The van der Waals surface area contributed by atoms with Gasteiger partial charge in [-0.1, -0.05) is 20.8 Å². The SMILES string of the molecule is CC(C)(C)C1CCC(C#N)(C(O)c2ccncc2)CC1. The van der Waals surface area contributed by atoms with Crippen LogP contribution in [0.5, 0.6) is 0 Å². The molecule has 0 bridgehead atoms. The van der Waals surface area contributed by atoms with Crippen LogP contribution in [-0.4, -0.2) is 10.1 Å². The molecule has 0 saturated heterocycles. The van der Waals surface area contributed by atoms with Crippen molar-refractivity contribution in [3.8, 4) is 6.07 Å². The van der Waals surface area contributed by atoms with Crippen molar-refractivity contribution >= 4 is 0 Å². The largest absolute Gasteiger partial charge is 0.387 e. The van der Waals surface area contributed by atoms with E-state index in [0.29, 0.717) is 5.92 Å². The molecule has 1 unspecified atom stereocenters. The molecule has 0 aliphatic heterocycles. The fraction of sp³-hybridized carbons (Fsp3) is 0.647. The second-order valence-electron chi connectivity index (χ2n) is 7.09. The van der Waals surface area contributed by atoms with E-state index >= 15 is 0 Å². The topological polar surface area (TPSA) is 56.9 Å². The summed E-state index contributed by atoms with van der Waals surface area (Å²) in [6, 6.07) is 6.03. The first-order valence-electron chi connectivity index (χ1n) is 7.38. The van der Waals surface area contributed by atoms with Gasteiger partial charge >= 0.3 is 0 Å². The summed E-state index contributed by atoms with van der Waals surface area (Å²) in [5.74, 6) is 0.633. The smallest absolute Gasteiger partial charge is 0.0977 e. The third-order valence-electron chi connectivity index (χ3n) is 4.87. The summed E-state index contributed by atoms with van der Waals surface area (Å²) in [6.45, 7) is 6.78. The fourth-order valence-electron chi connectivity index (χ4n) is 3.31. The van der Waals surface area contributed by atoms with Crippen LogP contribution in [0.25, 0.3) is 0 Å². The maximum atomic E-state index is 10.6. The molecule has 1 saturated carbocycles. The van der Waals surface area contributed by atoms with Crippen molar-refractivity contribution in [2.75, 3.05) is 0 Å². The molecule has 1 aromatic rings. The predicted octanol–water partition coefficient (Wildman–Crippen LogP) is 3.86. The molecule has 108 valence electrons. The number of rotatable bonds is 2. The van der Waals surface area contributed by atoms with E-state index in [0.717, 1.165) is 31.2 Å². The molecule has 1 aromatic heterocycles. The molecule has 1 aliphatic rings. The van der Waals surface area contributed by atoms with Gasteiger partial charge in [-0.25, -0.2) is 0 Å². The fourth-order valence-corrected chi connectivity index (χ4v) is 3.31. The molecule has 0 spiro atoms. The maximum absolute atomic E-state index is 10.6. The summed E-state index contributed by atoms with van der Waals surface area (Å²) < 4.78 is 0. The van der Waals surface area contributed by atoms with Gasteiger partial charge in [0.05, 0.1) is 17.6 Å². The van der Waals surface area contributed by atoms with Gasteiger partial charge < -0.3 is 5.11 Å². The van der Waals surface area contributed by atoms with Gasteiger partial charge in [0, 0.05) is 12.4 Å². The molecular weight excluding hydrogens is 248 g/mol. The van der Waals surface area contributed by atoms with Crippen molar-refractivity contribution < 1.29 is 5.11 Å². The first kappa shape index (κ1) is 15.0. The van der Waals surface area contributed by atoms with Crippen LogP contribution in [0.3, 0.4) is 0 Å². The summed E-state index contributed by atoms with van der Waals surface area (Å²) >= 11 is 0. The normalized spacial score (nSPS) is 28.6. The lowest BCUT2D eigenvalue weighted by atomic mass is 9.62. The van der Waals surface area contributed by atoms with Crippen LogP contribution >= 0.6 is 0 Å². The van der Waals surface area contributed by atoms with Crippen molar-refractivity contribution in [1.82, 2.24) is 4.98 Å². The van der Waals surface area contributed by atoms with Gasteiger partial charge in [0.2, 0.25) is 0 Å². The van der Waals surface area contributed by atoms with Gasteiger partial charge in [0.1, 0.15) is 0 Å². The maximum Gasteiger partial charge on any atom is 0.0977 e. The molecule has 0 amide bonds. The Morgan fingerprint density at radius 2 is 1.85 bits per heavy atom. The predicted molar refractivity (Wildman–Crippen MR) is 78.7 cm³/mol. The third-order valence-corrected chi connectivity index (χ3v) is 4.87. The Balaban J connectivity index is 2.16. The van der Waals surface area contributed by atoms with Crippen molar-refractivity contribution in [3.05, 3.63) is 30.1 Å². The highest BCUT2D eigenvalue weighted by molar-refractivity contribution is 5.21. The molecule has 0 aromatic carbocycles. The van der Waals surface area contributed by atoms with Crippen LogP contribution < -0.4 is 0 Å². The second-order valence-corrected chi connectivity index (χ2v) is 7.09. The zero-order valence-corrected chi connectivity index (χ0v) is 12.6. The summed E-state index contributed by atoms with van der Waals surface area (Å²) in [7, 11) is 0. The molecule has 3 nitrogen and oxygen atoms in total. The molecule has 1 fully saturated rings. The Bertz CT molecular complexity index is 476. The van der Waals surface area contributed by atoms with E-state index in [1.54, 1.807) is 24.5 Å². The van der Waals surface area contributed by atoms with E-state index in [1.165, 1.54) is 0 Å². The number of aliphatic hydroxyl groups excluding tert-OH is 1. The van der Waals surface area contributed by atoms with Crippen LogP contribution in [-0.2, 0) is 0 Å². The van der Waals surface area contributed by atoms with Crippen molar-refractivity contribution in [3.63, 3.8) is 0 Å². The number of hydrogen-bond donors (Lipinski definition) is 1. The van der Waals surface area contributed by atoms with Gasteiger partial charge in [-0.15, -0.1) is 0 Å². The van der Waals surface area contributed by atoms with Crippen molar-refractivity contribution in [2.45, 2.75) is 52.6 Å². The average molecular weight is 272 g/mol. The lowest BCUT2D eigenvalue weighted by Crippen LogP contribution is -2.36. The Morgan fingerprint density at radius 3 is 2.30 bits per heavy atom. The molecule has 3 heteroatoms. The Kier molecular flexibility index (Phi) is 4.15. The van der Waals surface area contributed by atoms with Gasteiger partial charge in [0.15, 0.2) is 0 Å². The van der Waals surface area contributed by atoms with E-state index in [2.05, 4.69) is 31.8 Å². The van der Waals surface area contributed by atoms with Crippen LogP contribution in [0.15, 0.2) is 24.5 Å². The van der Waals surface area contributed by atoms with Crippen LogP contribution in [0.2, 0.25) is 0 Å². The highest BCUT2D eigenvalue weighted by atomic mass is 16.3. The lowest BCUT2D eigenvalue weighted by Gasteiger charge is -2.42. The minimum atomic E-state index is -0.712. The number of nitriles is 1. The third kappa shape index (κ3) is 2.86. The van der Waals surface area contributed by atoms with E-state index in [-0.39, 0.29) is 5.41 Å². The molecule has 1 heterocycles. The highest BCUT2D eigenvalue weighted by Crippen LogP contribution is 2.50. The quantitative estimate of drug-likeness (QED) is 0.889. The second kappa shape index (κ2) is 5.54. The van der Waals surface area contributed by atoms with E-state index < -0.39 is 11.5 Å². The summed E-state index contributed by atoms with van der Waals surface area (Å²) in [5.41, 5.74) is 0.447. The minimum Gasteiger partial charge on any atom is -0.387 e. The number of pyridine rings is 1. The number of aliphatic hydroxyl groups is 1. The number of aromatic nitrogens is 1. The van der Waals surface area contributed by atoms with E-state index in [9.17, 15) is 10.4 Å². The Morgan fingerprint density at radius 1 is 1.30 bits per heavy atom. The molecule has 20 heavy (non-hydrogen) atoms. The molecule has 1 aliphatic carbocycles. The molecule has 1 atom stereocenters. The van der Waals surface area contributed by atoms with Gasteiger partial charge in [-0.2, -0.15) is 5.26 Å². The summed E-state index contributed by atoms with van der Waals surface area (Å²) in [4.78, 5) is 3.97. The summed E-state index contributed by atoms with van der Waals surface area (Å²) in [6.07, 6.45) is 6.20. The monoisotopic (exact) mass is 272 g/mol. The van der Waals surface area contributed by atoms with Gasteiger partial charge in [0.25, 0.3) is 0 Å². The average Bonchev–Trinajstić information content (AvgIpc) is 2.46.